The zero-order valence-corrected chi connectivity index (χ0v) is 11.1. The van der Waals surface area contributed by atoms with E-state index in [1.54, 1.807) is 11.1 Å². The minimum Gasteiger partial charge on any atom is -0.354 e. The van der Waals surface area contributed by atoms with E-state index in [1.165, 1.54) is 11.8 Å². The van der Waals surface area contributed by atoms with E-state index in [1.807, 2.05) is 29.7 Å². The fourth-order valence-electron chi connectivity index (χ4n) is 2.01. The predicted molar refractivity (Wildman–Crippen MR) is 74.8 cm³/mol. The van der Waals surface area contributed by atoms with E-state index in [2.05, 4.69) is 10.3 Å². The summed E-state index contributed by atoms with van der Waals surface area (Å²) < 4.78 is 0. The Balaban J connectivity index is 1.80. The van der Waals surface area contributed by atoms with Gasteiger partial charge in [0.15, 0.2) is 5.11 Å². The molecule has 2 unspecified atom stereocenters. The zero-order valence-electron chi connectivity index (χ0n) is 9.45. The third kappa shape index (κ3) is 2.02. The lowest BCUT2D eigenvalue weighted by Gasteiger charge is -2.35. The van der Waals surface area contributed by atoms with E-state index >= 15 is 0 Å². The summed E-state index contributed by atoms with van der Waals surface area (Å²) in [7, 11) is 0. The van der Waals surface area contributed by atoms with Gasteiger partial charge >= 0.3 is 0 Å². The average molecular weight is 277 g/mol. The minimum atomic E-state index is -0.0968. The van der Waals surface area contributed by atoms with Crippen LogP contribution in [0.3, 0.4) is 0 Å². The number of aromatic nitrogens is 1. The fraction of sp³-hybridized carbons (Fsp3) is 0.250. The molecule has 1 saturated heterocycles. The summed E-state index contributed by atoms with van der Waals surface area (Å²) in [6.45, 7) is 0.426. The van der Waals surface area contributed by atoms with Gasteiger partial charge in [0.25, 0.3) is 0 Å². The van der Waals surface area contributed by atoms with Crippen LogP contribution in [-0.4, -0.2) is 32.2 Å². The molecule has 2 atom stereocenters. The summed E-state index contributed by atoms with van der Waals surface area (Å²) in [5, 5.41) is 5.52. The van der Waals surface area contributed by atoms with Crippen LogP contribution in [0.2, 0.25) is 0 Å². The molecule has 1 fully saturated rings. The first-order chi connectivity index (χ1) is 8.75. The Morgan fingerprint density at radius 2 is 2.39 bits per heavy atom. The van der Waals surface area contributed by atoms with Crippen molar-refractivity contribution in [2.24, 2.45) is 0 Å². The van der Waals surface area contributed by atoms with E-state index in [0.29, 0.717) is 11.7 Å². The van der Waals surface area contributed by atoms with Crippen molar-refractivity contribution in [1.29, 1.82) is 0 Å². The number of hydrogen-bond donors (Lipinski definition) is 1. The number of nitrogens with zero attached hydrogens (tertiary/aromatic N) is 2. The van der Waals surface area contributed by atoms with Gasteiger partial charge in [-0.25, -0.2) is 0 Å². The maximum Gasteiger partial charge on any atom is 0.245 e. The predicted octanol–water partition coefficient (Wildman–Crippen LogP) is 1.30. The SMILES string of the molecule is O=C1C2SC=CC2NC(=S)N1Cc1ccccn1. The molecule has 1 aromatic rings. The van der Waals surface area contributed by atoms with E-state index < -0.39 is 0 Å². The molecule has 1 aromatic heterocycles. The molecule has 3 rings (SSSR count). The molecular weight excluding hydrogens is 266 g/mol. The van der Waals surface area contributed by atoms with Gasteiger partial charge in [-0.2, -0.15) is 0 Å². The quantitative estimate of drug-likeness (QED) is 0.826. The van der Waals surface area contributed by atoms with E-state index in [0.717, 1.165) is 5.69 Å². The lowest BCUT2D eigenvalue weighted by Crippen LogP contribution is -2.59. The van der Waals surface area contributed by atoms with Crippen molar-refractivity contribution in [1.82, 2.24) is 15.2 Å². The number of rotatable bonds is 2. The number of amides is 1. The highest BCUT2D eigenvalue weighted by Crippen LogP contribution is 2.29. The Labute approximate surface area is 114 Å². The molecule has 0 spiro atoms. The summed E-state index contributed by atoms with van der Waals surface area (Å²) >= 11 is 6.79. The van der Waals surface area contributed by atoms with Gasteiger partial charge in [0.1, 0.15) is 5.25 Å². The fourth-order valence-corrected chi connectivity index (χ4v) is 3.30. The summed E-state index contributed by atoms with van der Waals surface area (Å²) in [5.74, 6) is 0.0596. The number of carbonyl (C=O) groups excluding carboxylic acids is 1. The molecule has 0 aromatic carbocycles. The molecule has 0 saturated carbocycles. The third-order valence-electron chi connectivity index (χ3n) is 2.93. The van der Waals surface area contributed by atoms with Crippen molar-refractivity contribution >= 4 is 35.0 Å². The standard InChI is InChI=1S/C12H11N3OS2/c16-11-10-9(4-6-18-10)14-12(17)15(11)7-8-3-1-2-5-13-8/h1-6,9-10H,7H2,(H,14,17). The molecule has 4 nitrogen and oxygen atoms in total. The lowest BCUT2D eigenvalue weighted by molar-refractivity contribution is -0.128. The number of hydrogen-bond acceptors (Lipinski definition) is 4. The van der Waals surface area contributed by atoms with Gasteiger partial charge in [-0.15, -0.1) is 11.8 Å². The van der Waals surface area contributed by atoms with Gasteiger partial charge in [0, 0.05) is 6.20 Å². The van der Waals surface area contributed by atoms with Crippen LogP contribution in [0.5, 0.6) is 0 Å². The molecule has 2 aliphatic rings. The van der Waals surface area contributed by atoms with Crippen molar-refractivity contribution in [3.05, 3.63) is 41.6 Å². The van der Waals surface area contributed by atoms with Crippen molar-refractivity contribution in [2.75, 3.05) is 0 Å². The van der Waals surface area contributed by atoms with E-state index in [-0.39, 0.29) is 17.2 Å². The number of thiocarbonyl (C=S) groups is 1. The minimum absolute atomic E-state index is 0.0370. The first-order valence-corrected chi connectivity index (χ1v) is 6.95. The van der Waals surface area contributed by atoms with Gasteiger partial charge in [0.2, 0.25) is 5.91 Å². The molecule has 92 valence electrons. The second kappa shape index (κ2) is 4.70. The highest BCUT2D eigenvalue weighted by atomic mass is 32.2. The van der Waals surface area contributed by atoms with Gasteiger partial charge in [-0.05, 0) is 29.8 Å². The van der Waals surface area contributed by atoms with Crippen molar-refractivity contribution in [2.45, 2.75) is 17.8 Å². The van der Waals surface area contributed by atoms with Gasteiger partial charge in [0.05, 0.1) is 18.3 Å². The van der Waals surface area contributed by atoms with Crippen LogP contribution in [-0.2, 0) is 11.3 Å². The Kier molecular flexibility index (Phi) is 3.05. The number of thioether (sulfide) groups is 1. The van der Waals surface area contributed by atoms with Crippen molar-refractivity contribution in [3.63, 3.8) is 0 Å². The smallest absolute Gasteiger partial charge is 0.245 e. The first kappa shape index (κ1) is 11.7. The van der Waals surface area contributed by atoms with Crippen molar-refractivity contribution < 1.29 is 4.79 Å². The molecule has 1 N–H and O–H groups in total. The Morgan fingerprint density at radius 1 is 1.50 bits per heavy atom. The van der Waals surface area contributed by atoms with Crippen LogP contribution in [0.25, 0.3) is 0 Å². The normalized spacial score (nSPS) is 26.1. The second-order valence-corrected chi connectivity index (χ2v) is 5.54. The van der Waals surface area contributed by atoms with E-state index in [9.17, 15) is 4.79 Å². The van der Waals surface area contributed by atoms with E-state index in [4.69, 9.17) is 12.2 Å². The maximum absolute atomic E-state index is 12.3. The van der Waals surface area contributed by atoms with Gasteiger partial charge < -0.3 is 5.32 Å². The van der Waals surface area contributed by atoms with Gasteiger partial charge in [-0.1, -0.05) is 12.1 Å². The highest BCUT2D eigenvalue weighted by molar-refractivity contribution is 8.03. The summed E-state index contributed by atoms with van der Waals surface area (Å²) in [6, 6.07) is 5.68. The zero-order chi connectivity index (χ0) is 12.5. The lowest BCUT2D eigenvalue weighted by atomic mass is 10.1. The molecular formula is C12H11N3OS2. The summed E-state index contributed by atoms with van der Waals surface area (Å²) in [5.41, 5.74) is 0.837. The number of fused-ring (bicyclic) bond motifs is 1. The molecule has 0 radical (unpaired) electrons. The van der Waals surface area contributed by atoms with Crippen molar-refractivity contribution in [3.8, 4) is 0 Å². The monoisotopic (exact) mass is 277 g/mol. The van der Waals surface area contributed by atoms with Crippen LogP contribution >= 0.6 is 24.0 Å². The van der Waals surface area contributed by atoms with Gasteiger partial charge in [-0.3, -0.25) is 14.7 Å². The van der Waals surface area contributed by atoms with Crippen LogP contribution in [0.15, 0.2) is 35.9 Å². The van der Waals surface area contributed by atoms with Crippen LogP contribution < -0.4 is 5.32 Å². The molecule has 1 amide bonds. The van der Waals surface area contributed by atoms with Crippen LogP contribution in [0, 0.1) is 0 Å². The first-order valence-electron chi connectivity index (χ1n) is 5.59. The summed E-state index contributed by atoms with van der Waals surface area (Å²) in [4.78, 5) is 18.2. The molecule has 0 aliphatic carbocycles. The summed E-state index contributed by atoms with van der Waals surface area (Å²) in [6.07, 6.45) is 3.70. The second-order valence-electron chi connectivity index (χ2n) is 4.11. The molecule has 6 heteroatoms. The largest absolute Gasteiger partial charge is 0.354 e. The maximum atomic E-state index is 12.3. The number of nitrogens with one attached hydrogen (secondary N) is 1. The van der Waals surface area contributed by atoms with Crippen LogP contribution in [0.1, 0.15) is 5.69 Å². The Morgan fingerprint density at radius 3 is 3.17 bits per heavy atom. The molecule has 0 bridgehead atoms. The molecule has 2 aliphatic heterocycles. The third-order valence-corrected chi connectivity index (χ3v) is 4.37. The molecule has 18 heavy (non-hydrogen) atoms. The average Bonchev–Trinajstić information content (AvgIpc) is 2.84. The van der Waals surface area contributed by atoms with Crippen LogP contribution in [0.4, 0.5) is 0 Å². The molecule has 3 heterocycles. The topological polar surface area (TPSA) is 45.2 Å². The Hall–Kier alpha value is -1.40. The Bertz CT molecular complexity index is 517. The highest BCUT2D eigenvalue weighted by Gasteiger charge is 2.40. The number of carbonyl (C=O) groups is 1. The number of pyridine rings is 1.